The zero-order valence-corrected chi connectivity index (χ0v) is 4.98. The predicted molar refractivity (Wildman–Crippen MR) is 34.0 cm³/mol. The first kappa shape index (κ1) is 5.22. The molecule has 0 spiro atoms. The summed E-state index contributed by atoms with van der Waals surface area (Å²) in [5.74, 6) is -0.303. The molecule has 1 aromatic heterocycles. The number of carbonyl (C=O) groups excluding carboxylic acids is 1. The molecular weight excluding hydrogens is 130 g/mol. The maximum absolute atomic E-state index is 10.8. The number of hydrogen-bond acceptors (Lipinski definition) is 3. The number of carbonyl (C=O) groups is 1. The van der Waals surface area contributed by atoms with Crippen LogP contribution >= 0.6 is 0 Å². The van der Waals surface area contributed by atoms with Crippen LogP contribution in [0.2, 0.25) is 0 Å². The van der Waals surface area contributed by atoms with Gasteiger partial charge in [-0.1, -0.05) is 0 Å². The fourth-order valence-electron chi connectivity index (χ4n) is 0.789. The first-order chi connectivity index (χ1) is 4.88. The van der Waals surface area contributed by atoms with Gasteiger partial charge in [0.1, 0.15) is 5.69 Å². The van der Waals surface area contributed by atoms with Crippen molar-refractivity contribution in [3.8, 4) is 0 Å². The van der Waals surface area contributed by atoms with Crippen molar-refractivity contribution in [2.75, 3.05) is 0 Å². The van der Waals surface area contributed by atoms with Crippen molar-refractivity contribution in [2.45, 2.75) is 0 Å². The molecule has 48 valence electrons. The molecule has 0 aliphatic carbocycles. The fourth-order valence-corrected chi connectivity index (χ4v) is 0.789. The Morgan fingerprint density at radius 2 is 2.00 bits per heavy atom. The van der Waals surface area contributed by atoms with Crippen molar-refractivity contribution in [2.24, 2.45) is 4.99 Å². The van der Waals surface area contributed by atoms with Gasteiger partial charge in [0, 0.05) is 12.4 Å². The molecule has 0 saturated heterocycles. The number of amides is 1. The monoisotopic (exact) mass is 133 g/mol. The Labute approximate surface area is 56.7 Å². The zero-order chi connectivity index (χ0) is 6.97. The van der Waals surface area contributed by atoms with Crippen LogP contribution in [0, 0.1) is 0 Å². The van der Waals surface area contributed by atoms with E-state index in [2.05, 4.69) is 15.0 Å². The Kier molecular flexibility index (Phi) is 0.887. The second kappa shape index (κ2) is 1.70. The molecule has 0 fully saturated rings. The summed E-state index contributed by atoms with van der Waals surface area (Å²) in [6.45, 7) is 0. The minimum absolute atomic E-state index is 0.303. The maximum Gasteiger partial charge on any atom is 0.297 e. The van der Waals surface area contributed by atoms with Crippen molar-refractivity contribution in [3.05, 3.63) is 23.8 Å². The molecule has 0 unspecified atom stereocenters. The van der Waals surface area contributed by atoms with Gasteiger partial charge in [-0.25, -0.2) is 9.98 Å². The molecule has 0 radical (unpaired) electrons. The first-order valence-electron chi connectivity index (χ1n) is 2.77. The highest BCUT2D eigenvalue weighted by Crippen LogP contribution is 2.06. The maximum atomic E-state index is 10.8. The largest absolute Gasteiger partial charge is 0.297 e. The molecule has 10 heavy (non-hydrogen) atoms. The molecule has 2 rings (SSSR count). The average Bonchev–Trinajstić information content (AvgIpc) is 2.34. The van der Waals surface area contributed by atoms with Gasteiger partial charge in [0.15, 0.2) is 5.69 Å². The highest BCUT2D eigenvalue weighted by atomic mass is 16.1. The highest BCUT2D eigenvalue weighted by Gasteiger charge is 2.16. The summed E-state index contributed by atoms with van der Waals surface area (Å²) >= 11 is 0. The van der Waals surface area contributed by atoms with Crippen molar-refractivity contribution >= 4 is 12.1 Å². The van der Waals surface area contributed by atoms with Crippen LogP contribution in [0.5, 0.6) is 0 Å². The Morgan fingerprint density at radius 1 is 1.20 bits per heavy atom. The number of aliphatic imine (C=N–C) groups is 1. The van der Waals surface area contributed by atoms with Crippen LogP contribution in [0.1, 0.15) is 16.2 Å². The van der Waals surface area contributed by atoms with E-state index >= 15 is 0 Å². The van der Waals surface area contributed by atoms with E-state index in [1.165, 1.54) is 18.6 Å². The average molecular weight is 133 g/mol. The predicted octanol–water partition coefficient (Wildman–Crippen LogP) is 0.0493. The van der Waals surface area contributed by atoms with Gasteiger partial charge >= 0.3 is 0 Å². The van der Waals surface area contributed by atoms with Gasteiger partial charge in [0.05, 0.1) is 6.21 Å². The summed E-state index contributed by atoms with van der Waals surface area (Å²) in [6, 6.07) is 0. The van der Waals surface area contributed by atoms with E-state index in [0.29, 0.717) is 11.4 Å². The van der Waals surface area contributed by atoms with Gasteiger partial charge in [0.25, 0.3) is 5.91 Å². The molecule has 1 aliphatic rings. The Bertz CT molecular complexity index is 319. The van der Waals surface area contributed by atoms with Crippen LogP contribution in [-0.2, 0) is 0 Å². The smallest absolute Gasteiger partial charge is 0.265 e. The van der Waals surface area contributed by atoms with Crippen LogP contribution in [0.3, 0.4) is 0 Å². The van der Waals surface area contributed by atoms with E-state index in [1.54, 1.807) is 0 Å². The number of rotatable bonds is 0. The van der Waals surface area contributed by atoms with E-state index in [0.717, 1.165) is 0 Å². The molecule has 4 nitrogen and oxygen atoms in total. The van der Waals surface area contributed by atoms with Gasteiger partial charge in [-0.15, -0.1) is 0 Å². The molecule has 0 bridgehead atoms. The second-order valence-electron chi connectivity index (χ2n) is 1.85. The minimum atomic E-state index is -0.303. The number of hydrogen-bond donors (Lipinski definition) is 0. The summed E-state index contributed by atoms with van der Waals surface area (Å²) in [6.07, 6.45) is 4.43. The van der Waals surface area contributed by atoms with E-state index < -0.39 is 0 Å². The van der Waals surface area contributed by atoms with Gasteiger partial charge in [-0.05, 0) is 0 Å². The van der Waals surface area contributed by atoms with Crippen molar-refractivity contribution in [1.82, 2.24) is 9.97 Å². The Balaban J connectivity index is 2.70. The topological polar surface area (TPSA) is 55.2 Å². The summed E-state index contributed by atoms with van der Waals surface area (Å²) < 4.78 is 0. The highest BCUT2D eigenvalue weighted by molar-refractivity contribution is 6.10. The van der Waals surface area contributed by atoms with Gasteiger partial charge in [-0.2, -0.15) is 0 Å². The van der Waals surface area contributed by atoms with Crippen LogP contribution < -0.4 is 0 Å². The van der Waals surface area contributed by atoms with E-state index in [4.69, 9.17) is 0 Å². The van der Waals surface area contributed by atoms with Gasteiger partial charge in [-0.3, -0.25) is 9.78 Å². The van der Waals surface area contributed by atoms with Crippen LogP contribution in [-0.4, -0.2) is 22.1 Å². The summed E-state index contributed by atoms with van der Waals surface area (Å²) in [5, 5.41) is 0. The van der Waals surface area contributed by atoms with Crippen molar-refractivity contribution < 1.29 is 4.79 Å². The number of nitrogens with zero attached hydrogens (tertiary/aromatic N) is 3. The molecule has 2 heterocycles. The zero-order valence-electron chi connectivity index (χ0n) is 4.98. The summed E-state index contributed by atoms with van der Waals surface area (Å²) in [5.41, 5.74) is 0.912. The third kappa shape index (κ3) is 0.556. The molecule has 1 amide bonds. The molecule has 0 saturated carbocycles. The molecule has 1 aromatic rings. The van der Waals surface area contributed by atoms with Crippen LogP contribution in [0.25, 0.3) is 0 Å². The molecular formula is C6H3N3O. The third-order valence-corrected chi connectivity index (χ3v) is 1.23. The normalized spacial score (nSPS) is 13.8. The lowest BCUT2D eigenvalue weighted by molar-refractivity contribution is 0.100. The molecule has 1 aliphatic heterocycles. The summed E-state index contributed by atoms with van der Waals surface area (Å²) in [7, 11) is 0. The fraction of sp³-hybridized carbons (Fsp3) is 0. The second-order valence-corrected chi connectivity index (χ2v) is 1.85. The Hall–Kier alpha value is -1.58. The minimum Gasteiger partial charge on any atom is -0.265 e. The van der Waals surface area contributed by atoms with E-state index in [-0.39, 0.29) is 5.91 Å². The standard InChI is InChI=1S/C6H3N3O/c10-6-5-4(3-9-6)7-1-2-8-5/h1-3H. The number of aromatic nitrogens is 2. The van der Waals surface area contributed by atoms with Gasteiger partial charge in [0.2, 0.25) is 0 Å². The lowest BCUT2D eigenvalue weighted by Crippen LogP contribution is -1.97. The van der Waals surface area contributed by atoms with Crippen LogP contribution in [0.4, 0.5) is 0 Å². The van der Waals surface area contributed by atoms with Crippen molar-refractivity contribution in [1.29, 1.82) is 0 Å². The lowest BCUT2D eigenvalue weighted by Gasteiger charge is -1.88. The van der Waals surface area contributed by atoms with E-state index in [9.17, 15) is 4.79 Å². The van der Waals surface area contributed by atoms with Crippen LogP contribution in [0.15, 0.2) is 17.4 Å². The molecule has 0 aromatic carbocycles. The lowest BCUT2D eigenvalue weighted by atomic mass is 10.3. The SMILES string of the molecule is O=C1N=Cc2nccnc21. The molecule has 0 atom stereocenters. The first-order valence-corrected chi connectivity index (χ1v) is 2.77. The third-order valence-electron chi connectivity index (χ3n) is 1.23. The van der Waals surface area contributed by atoms with E-state index in [1.807, 2.05) is 0 Å². The number of fused-ring (bicyclic) bond motifs is 1. The molecule has 4 heteroatoms. The molecule has 0 N–H and O–H groups in total. The quantitative estimate of drug-likeness (QED) is 0.502. The Morgan fingerprint density at radius 3 is 2.80 bits per heavy atom. The summed E-state index contributed by atoms with van der Waals surface area (Å²) in [4.78, 5) is 22.0. The van der Waals surface area contributed by atoms with Crippen molar-refractivity contribution in [3.63, 3.8) is 0 Å². The van der Waals surface area contributed by atoms with Gasteiger partial charge < -0.3 is 0 Å².